The number of furan rings is 1. The van der Waals surface area contributed by atoms with Gasteiger partial charge in [-0.25, -0.2) is 8.78 Å². The normalized spacial score (nSPS) is 15.8. The van der Waals surface area contributed by atoms with Crippen molar-refractivity contribution in [3.63, 3.8) is 0 Å². The molecule has 150 valence electrons. The van der Waals surface area contributed by atoms with E-state index in [-0.39, 0.29) is 28.7 Å². The number of rotatable bonds is 5. The quantitative estimate of drug-likeness (QED) is 0.679. The molecule has 1 N–H and O–H groups in total. The minimum absolute atomic E-state index is 0.186. The highest BCUT2D eigenvalue weighted by Crippen LogP contribution is 2.34. The Kier molecular flexibility index (Phi) is 5.45. The average Bonchev–Trinajstić information content (AvgIpc) is 3.24. The van der Waals surface area contributed by atoms with Crippen molar-refractivity contribution >= 4 is 5.91 Å². The fourth-order valence-electron chi connectivity index (χ4n) is 3.70. The molecule has 1 saturated heterocycles. The maximum Gasteiger partial charge on any atom is 0.287 e. The molecule has 3 aromatic rings. The molecule has 4 rings (SSSR count). The van der Waals surface area contributed by atoms with Crippen molar-refractivity contribution in [3.8, 4) is 11.3 Å². The predicted molar refractivity (Wildman–Crippen MR) is 105 cm³/mol. The van der Waals surface area contributed by atoms with Crippen molar-refractivity contribution in [3.05, 3.63) is 83.6 Å². The van der Waals surface area contributed by atoms with Gasteiger partial charge in [0.25, 0.3) is 5.91 Å². The number of halogens is 2. The van der Waals surface area contributed by atoms with Crippen molar-refractivity contribution in [1.82, 2.24) is 5.32 Å². The van der Waals surface area contributed by atoms with E-state index >= 15 is 0 Å². The molecule has 1 amide bonds. The highest BCUT2D eigenvalue weighted by Gasteiger charge is 2.35. The SMILES string of the molecule is O=C(NCC1(c2ccc(F)cc2)CCOCC1)c1ccc(-c2ccc(F)cc2)o1. The molecule has 0 radical (unpaired) electrons. The smallest absolute Gasteiger partial charge is 0.287 e. The monoisotopic (exact) mass is 397 g/mol. The third-order valence-corrected chi connectivity index (χ3v) is 5.45. The second kappa shape index (κ2) is 8.17. The lowest BCUT2D eigenvalue weighted by atomic mass is 9.74. The van der Waals surface area contributed by atoms with E-state index in [0.29, 0.717) is 31.1 Å². The minimum atomic E-state index is -0.333. The molecule has 1 aromatic heterocycles. The van der Waals surface area contributed by atoms with Crippen molar-refractivity contribution in [2.75, 3.05) is 19.8 Å². The van der Waals surface area contributed by atoms with Crippen molar-refractivity contribution in [2.24, 2.45) is 0 Å². The maximum atomic E-state index is 13.4. The zero-order valence-corrected chi connectivity index (χ0v) is 15.8. The summed E-state index contributed by atoms with van der Waals surface area (Å²) in [7, 11) is 0. The highest BCUT2D eigenvalue weighted by molar-refractivity contribution is 5.92. The lowest BCUT2D eigenvalue weighted by molar-refractivity contribution is 0.0484. The van der Waals surface area contributed by atoms with Crippen LogP contribution in [0.5, 0.6) is 0 Å². The molecule has 0 atom stereocenters. The Morgan fingerprint density at radius 2 is 1.52 bits per heavy atom. The number of ether oxygens (including phenoxy) is 1. The van der Waals surface area contributed by atoms with Gasteiger partial charge in [0.1, 0.15) is 17.4 Å². The molecule has 0 spiro atoms. The van der Waals surface area contributed by atoms with Gasteiger partial charge in [-0.15, -0.1) is 0 Å². The molecule has 29 heavy (non-hydrogen) atoms. The van der Waals surface area contributed by atoms with Crippen LogP contribution in [0.3, 0.4) is 0 Å². The zero-order chi connectivity index (χ0) is 20.3. The summed E-state index contributed by atoms with van der Waals surface area (Å²) in [5.41, 5.74) is 1.36. The number of benzene rings is 2. The number of hydrogen-bond acceptors (Lipinski definition) is 3. The van der Waals surface area contributed by atoms with E-state index in [1.165, 1.54) is 24.3 Å². The summed E-state index contributed by atoms with van der Waals surface area (Å²) in [6.45, 7) is 1.57. The van der Waals surface area contributed by atoms with Crippen LogP contribution in [0, 0.1) is 11.6 Å². The molecule has 4 nitrogen and oxygen atoms in total. The zero-order valence-electron chi connectivity index (χ0n) is 15.8. The lowest BCUT2D eigenvalue weighted by Crippen LogP contribution is -2.44. The molecule has 0 unspecified atom stereocenters. The van der Waals surface area contributed by atoms with Gasteiger partial charge in [-0.1, -0.05) is 12.1 Å². The first-order valence-corrected chi connectivity index (χ1v) is 9.54. The van der Waals surface area contributed by atoms with Gasteiger partial charge in [0.05, 0.1) is 0 Å². The molecule has 1 fully saturated rings. The standard InChI is InChI=1S/C23H21F2NO3/c24-18-5-1-16(2-6-18)20-9-10-21(29-20)22(27)26-15-23(11-13-28-14-12-23)17-3-7-19(25)8-4-17/h1-10H,11-15H2,(H,26,27). The Bertz CT molecular complexity index is 974. The van der Waals surface area contributed by atoms with Gasteiger partial charge in [0.15, 0.2) is 5.76 Å². The Morgan fingerprint density at radius 3 is 2.17 bits per heavy atom. The fourth-order valence-corrected chi connectivity index (χ4v) is 3.70. The van der Waals surface area contributed by atoms with Crippen LogP contribution in [-0.4, -0.2) is 25.7 Å². The van der Waals surface area contributed by atoms with Gasteiger partial charge >= 0.3 is 0 Å². The second-order valence-electron chi connectivity index (χ2n) is 7.25. The van der Waals surface area contributed by atoms with Crippen LogP contribution < -0.4 is 5.32 Å². The molecular weight excluding hydrogens is 376 g/mol. The Labute approximate surface area is 167 Å². The Balaban J connectivity index is 1.48. The average molecular weight is 397 g/mol. The van der Waals surface area contributed by atoms with E-state index in [9.17, 15) is 13.6 Å². The summed E-state index contributed by atoms with van der Waals surface area (Å²) in [5.74, 6) is -0.267. The van der Waals surface area contributed by atoms with Crippen molar-refractivity contribution in [1.29, 1.82) is 0 Å². The molecule has 2 heterocycles. The number of amides is 1. The van der Waals surface area contributed by atoms with Gasteiger partial charge in [-0.2, -0.15) is 0 Å². The minimum Gasteiger partial charge on any atom is -0.451 e. The number of nitrogens with one attached hydrogen (secondary N) is 1. The summed E-state index contributed by atoms with van der Waals surface area (Å²) < 4.78 is 37.6. The van der Waals surface area contributed by atoms with Gasteiger partial charge < -0.3 is 14.5 Å². The van der Waals surface area contributed by atoms with E-state index in [2.05, 4.69) is 5.32 Å². The first-order chi connectivity index (χ1) is 14.1. The summed E-state index contributed by atoms with van der Waals surface area (Å²) in [6, 6.07) is 15.6. The molecule has 2 aromatic carbocycles. The third-order valence-electron chi connectivity index (χ3n) is 5.45. The summed E-state index contributed by atoms with van der Waals surface area (Å²) in [6.07, 6.45) is 1.47. The van der Waals surface area contributed by atoms with Crippen molar-refractivity contribution in [2.45, 2.75) is 18.3 Å². The highest BCUT2D eigenvalue weighted by atomic mass is 19.1. The van der Waals surface area contributed by atoms with Crippen LogP contribution in [0.2, 0.25) is 0 Å². The van der Waals surface area contributed by atoms with Gasteiger partial charge in [0, 0.05) is 30.7 Å². The van der Waals surface area contributed by atoms with E-state index in [0.717, 1.165) is 18.4 Å². The Morgan fingerprint density at radius 1 is 0.897 bits per heavy atom. The first kappa shape index (κ1) is 19.3. The largest absolute Gasteiger partial charge is 0.451 e. The number of carbonyl (C=O) groups excluding carboxylic acids is 1. The summed E-state index contributed by atoms with van der Waals surface area (Å²) in [5, 5.41) is 2.95. The summed E-state index contributed by atoms with van der Waals surface area (Å²) >= 11 is 0. The first-order valence-electron chi connectivity index (χ1n) is 9.54. The van der Waals surface area contributed by atoms with E-state index < -0.39 is 0 Å². The molecule has 0 aliphatic carbocycles. The molecule has 1 aliphatic rings. The fraction of sp³-hybridized carbons (Fsp3) is 0.261. The number of carbonyl (C=O) groups is 1. The van der Waals surface area contributed by atoms with E-state index in [1.54, 1.807) is 36.4 Å². The summed E-state index contributed by atoms with van der Waals surface area (Å²) in [4.78, 5) is 12.7. The molecule has 0 saturated carbocycles. The molecular formula is C23H21F2NO3. The van der Waals surface area contributed by atoms with Crippen LogP contribution in [-0.2, 0) is 10.2 Å². The topological polar surface area (TPSA) is 51.5 Å². The van der Waals surface area contributed by atoms with Crippen LogP contribution in [0.1, 0.15) is 29.0 Å². The van der Waals surface area contributed by atoms with Gasteiger partial charge in [0.2, 0.25) is 0 Å². The maximum absolute atomic E-state index is 13.4. The molecule has 6 heteroatoms. The van der Waals surface area contributed by atoms with Crippen molar-refractivity contribution < 1.29 is 22.7 Å². The van der Waals surface area contributed by atoms with Crippen LogP contribution in [0.4, 0.5) is 8.78 Å². The van der Waals surface area contributed by atoms with Gasteiger partial charge in [-0.3, -0.25) is 4.79 Å². The Hall–Kier alpha value is -2.99. The lowest BCUT2D eigenvalue weighted by Gasteiger charge is -2.37. The third kappa shape index (κ3) is 4.22. The second-order valence-corrected chi connectivity index (χ2v) is 7.25. The molecule has 1 aliphatic heterocycles. The van der Waals surface area contributed by atoms with Crippen LogP contribution >= 0.6 is 0 Å². The van der Waals surface area contributed by atoms with Gasteiger partial charge in [-0.05, 0) is 66.9 Å². The predicted octanol–water partition coefficient (Wildman–Crippen LogP) is 4.70. The molecule has 0 bridgehead atoms. The van der Waals surface area contributed by atoms with E-state index in [1.807, 2.05) is 0 Å². The van der Waals surface area contributed by atoms with E-state index in [4.69, 9.17) is 9.15 Å². The van der Waals surface area contributed by atoms with Crippen LogP contribution in [0.25, 0.3) is 11.3 Å². The van der Waals surface area contributed by atoms with Crippen LogP contribution in [0.15, 0.2) is 65.1 Å². The number of hydrogen-bond donors (Lipinski definition) is 1.